The van der Waals surface area contributed by atoms with E-state index in [0.717, 1.165) is 24.0 Å². The Morgan fingerprint density at radius 1 is 1.22 bits per heavy atom. The third-order valence-corrected chi connectivity index (χ3v) is 8.80. The minimum absolute atomic E-state index is 0.0608. The number of aromatic nitrogens is 2. The number of carbonyl (C=O) groups is 1. The molecule has 2 N–H and O–H groups in total. The largest absolute Gasteiger partial charge is 0.507 e. The molecule has 1 aromatic heterocycles. The molecule has 190 valence electrons. The highest BCUT2D eigenvalue weighted by Crippen LogP contribution is 2.47. The Morgan fingerprint density at radius 3 is 2.75 bits per heavy atom. The van der Waals surface area contributed by atoms with Crippen molar-refractivity contribution in [2.45, 2.75) is 52.1 Å². The summed E-state index contributed by atoms with van der Waals surface area (Å²) < 4.78 is 30.7. The van der Waals surface area contributed by atoms with Crippen molar-refractivity contribution >= 4 is 15.7 Å². The monoisotopic (exact) mass is 509 g/mol. The number of aromatic hydroxyl groups is 1. The van der Waals surface area contributed by atoms with Gasteiger partial charge in [-0.25, -0.2) is 8.42 Å². The highest BCUT2D eigenvalue weighted by molar-refractivity contribution is 7.91. The molecule has 0 saturated carbocycles. The van der Waals surface area contributed by atoms with E-state index in [0.29, 0.717) is 46.9 Å². The zero-order valence-corrected chi connectivity index (χ0v) is 21.6. The minimum atomic E-state index is -3.22. The number of nitrogens with zero attached hydrogens (tertiary/aromatic N) is 2. The van der Waals surface area contributed by atoms with Crippen molar-refractivity contribution in [3.8, 4) is 22.8 Å². The highest BCUT2D eigenvalue weighted by Gasteiger charge is 2.48. The first-order chi connectivity index (χ1) is 17.2. The molecule has 9 heteroatoms. The summed E-state index contributed by atoms with van der Waals surface area (Å²) in [6.45, 7) is 6.46. The molecule has 5 rings (SSSR count). The SMILES string of the molecule is CCCCOc1cccc(C2c3c(-c4cc(C)cc(C)c4O)n[nH]c3C(=O)N2C2CCS(=O)(=O)C2)c1. The molecule has 3 heterocycles. The number of carbonyl (C=O) groups excluding carboxylic acids is 1. The Morgan fingerprint density at radius 2 is 2.03 bits per heavy atom. The van der Waals surface area contributed by atoms with Gasteiger partial charge in [0.25, 0.3) is 5.91 Å². The first-order valence-corrected chi connectivity index (χ1v) is 14.2. The molecule has 2 atom stereocenters. The van der Waals surface area contributed by atoms with Gasteiger partial charge in [0, 0.05) is 17.2 Å². The third kappa shape index (κ3) is 4.25. The standard InChI is InChI=1S/C27H31N3O5S/c1-4-5-10-35-20-8-6-7-18(14-20)25-22-23(21-13-16(2)12-17(3)26(21)31)28-29-24(22)27(32)30(25)19-9-11-36(33,34)15-19/h6-8,12-14,19,25,31H,4-5,9-11,15H2,1-3H3,(H,28,29). The van der Waals surface area contributed by atoms with Crippen molar-refractivity contribution in [1.82, 2.24) is 15.1 Å². The number of hydrogen-bond donors (Lipinski definition) is 2. The highest BCUT2D eigenvalue weighted by atomic mass is 32.2. The van der Waals surface area contributed by atoms with E-state index in [2.05, 4.69) is 17.1 Å². The molecule has 2 aliphatic heterocycles. The number of hydrogen-bond acceptors (Lipinski definition) is 6. The fraction of sp³-hybridized carbons (Fsp3) is 0.407. The number of ether oxygens (including phenoxy) is 1. The summed E-state index contributed by atoms with van der Waals surface area (Å²) in [5.41, 5.74) is 4.50. The second kappa shape index (κ2) is 9.28. The van der Waals surface area contributed by atoms with Gasteiger partial charge in [-0.05, 0) is 61.6 Å². The van der Waals surface area contributed by atoms with Crippen LogP contribution in [0.3, 0.4) is 0 Å². The Hall–Kier alpha value is -3.33. The third-order valence-electron chi connectivity index (χ3n) is 7.05. The smallest absolute Gasteiger partial charge is 0.273 e. The number of rotatable bonds is 7. The predicted molar refractivity (Wildman–Crippen MR) is 137 cm³/mol. The van der Waals surface area contributed by atoms with Crippen LogP contribution in [0.15, 0.2) is 36.4 Å². The van der Waals surface area contributed by atoms with Gasteiger partial charge in [0.15, 0.2) is 9.84 Å². The van der Waals surface area contributed by atoms with E-state index in [1.54, 1.807) is 4.90 Å². The Labute approximate surface area is 211 Å². The summed E-state index contributed by atoms with van der Waals surface area (Å²) in [6.07, 6.45) is 2.33. The predicted octanol–water partition coefficient (Wildman–Crippen LogP) is 4.31. The molecule has 3 aromatic rings. The van der Waals surface area contributed by atoms with Crippen molar-refractivity contribution < 1.29 is 23.1 Å². The van der Waals surface area contributed by atoms with Gasteiger partial charge < -0.3 is 14.7 Å². The fourth-order valence-electron chi connectivity index (χ4n) is 5.32. The number of sulfone groups is 1. The van der Waals surface area contributed by atoms with Crippen LogP contribution in [-0.2, 0) is 9.84 Å². The number of H-pyrrole nitrogens is 1. The Balaban J connectivity index is 1.66. The number of phenols is 1. The molecule has 0 spiro atoms. The summed E-state index contributed by atoms with van der Waals surface area (Å²) in [6, 6.07) is 10.3. The number of fused-ring (bicyclic) bond motifs is 1. The molecule has 1 amide bonds. The van der Waals surface area contributed by atoms with Gasteiger partial charge >= 0.3 is 0 Å². The lowest BCUT2D eigenvalue weighted by atomic mass is 9.93. The number of phenolic OH excluding ortho intramolecular Hbond substituents is 1. The summed E-state index contributed by atoms with van der Waals surface area (Å²) in [7, 11) is -3.22. The van der Waals surface area contributed by atoms with Gasteiger partial charge in [-0.3, -0.25) is 9.89 Å². The first-order valence-electron chi connectivity index (χ1n) is 12.3. The summed E-state index contributed by atoms with van der Waals surface area (Å²) in [5.74, 6) is 0.520. The maximum Gasteiger partial charge on any atom is 0.273 e. The van der Waals surface area contributed by atoms with Crippen molar-refractivity contribution in [1.29, 1.82) is 0 Å². The molecule has 2 aromatic carbocycles. The maximum absolute atomic E-state index is 13.7. The van der Waals surface area contributed by atoms with Crippen LogP contribution in [0.1, 0.15) is 65.0 Å². The number of unbranched alkanes of at least 4 members (excludes halogenated alkanes) is 1. The van der Waals surface area contributed by atoms with Gasteiger partial charge in [0.2, 0.25) is 0 Å². The molecule has 36 heavy (non-hydrogen) atoms. The van der Waals surface area contributed by atoms with E-state index in [-0.39, 0.29) is 23.2 Å². The molecule has 8 nitrogen and oxygen atoms in total. The van der Waals surface area contributed by atoms with E-state index in [1.165, 1.54) is 0 Å². The van der Waals surface area contributed by atoms with Crippen LogP contribution in [-0.4, -0.2) is 58.7 Å². The van der Waals surface area contributed by atoms with Gasteiger partial charge in [-0.15, -0.1) is 0 Å². The number of aryl methyl sites for hydroxylation is 2. The van der Waals surface area contributed by atoms with Crippen molar-refractivity contribution in [3.63, 3.8) is 0 Å². The Kier molecular flexibility index (Phi) is 6.28. The van der Waals surface area contributed by atoms with E-state index in [9.17, 15) is 18.3 Å². The zero-order valence-electron chi connectivity index (χ0n) is 20.7. The van der Waals surface area contributed by atoms with Gasteiger partial charge in [-0.1, -0.05) is 31.5 Å². The van der Waals surface area contributed by atoms with Crippen LogP contribution in [0.25, 0.3) is 11.3 Å². The first kappa shape index (κ1) is 24.4. The minimum Gasteiger partial charge on any atom is -0.507 e. The second-order valence-electron chi connectivity index (χ2n) is 9.79. The normalized spacial score (nSPS) is 20.6. The van der Waals surface area contributed by atoms with Crippen LogP contribution >= 0.6 is 0 Å². The molecule has 0 radical (unpaired) electrons. The molecule has 0 bridgehead atoms. The van der Waals surface area contributed by atoms with E-state index < -0.39 is 21.9 Å². The van der Waals surface area contributed by atoms with Gasteiger partial charge in [0.1, 0.15) is 22.9 Å². The van der Waals surface area contributed by atoms with Crippen molar-refractivity contribution in [3.05, 3.63) is 64.3 Å². The van der Waals surface area contributed by atoms with Crippen LogP contribution in [0, 0.1) is 13.8 Å². The second-order valence-corrected chi connectivity index (χ2v) is 12.0. The summed E-state index contributed by atoms with van der Waals surface area (Å²) in [5, 5.41) is 18.3. The van der Waals surface area contributed by atoms with Crippen LogP contribution < -0.4 is 4.74 Å². The Bertz CT molecular complexity index is 1430. The average molecular weight is 510 g/mol. The quantitative estimate of drug-likeness (QED) is 0.459. The molecule has 1 fully saturated rings. The van der Waals surface area contributed by atoms with Crippen LogP contribution in [0.2, 0.25) is 0 Å². The van der Waals surface area contributed by atoms with Crippen molar-refractivity contribution in [2.24, 2.45) is 0 Å². The van der Waals surface area contributed by atoms with Crippen LogP contribution in [0.4, 0.5) is 0 Å². The van der Waals surface area contributed by atoms with E-state index in [4.69, 9.17) is 4.74 Å². The molecule has 0 aliphatic carbocycles. The van der Waals surface area contributed by atoms with E-state index >= 15 is 0 Å². The van der Waals surface area contributed by atoms with Crippen molar-refractivity contribution in [2.75, 3.05) is 18.1 Å². The van der Waals surface area contributed by atoms with Gasteiger partial charge in [0.05, 0.1) is 24.2 Å². The molecule has 2 unspecified atom stereocenters. The van der Waals surface area contributed by atoms with Crippen LogP contribution in [0.5, 0.6) is 11.5 Å². The zero-order chi connectivity index (χ0) is 25.6. The number of benzene rings is 2. The average Bonchev–Trinajstić information content (AvgIpc) is 3.50. The number of nitrogens with one attached hydrogen (secondary N) is 1. The summed E-state index contributed by atoms with van der Waals surface area (Å²) in [4.78, 5) is 15.4. The summed E-state index contributed by atoms with van der Waals surface area (Å²) >= 11 is 0. The number of amides is 1. The van der Waals surface area contributed by atoms with Gasteiger partial charge in [-0.2, -0.15) is 5.10 Å². The lowest BCUT2D eigenvalue weighted by molar-refractivity contribution is 0.0677. The molecule has 1 saturated heterocycles. The maximum atomic E-state index is 13.7. The number of aromatic amines is 1. The lowest BCUT2D eigenvalue weighted by Gasteiger charge is -2.31. The molecule has 2 aliphatic rings. The fourth-order valence-corrected chi connectivity index (χ4v) is 7.03. The molecular formula is C27H31N3O5S. The topological polar surface area (TPSA) is 113 Å². The van der Waals surface area contributed by atoms with E-state index in [1.807, 2.05) is 50.2 Å². The molecular weight excluding hydrogens is 478 g/mol. The lowest BCUT2D eigenvalue weighted by Crippen LogP contribution is -2.40.